The summed E-state index contributed by atoms with van der Waals surface area (Å²) in [6.07, 6.45) is 6.20. The van der Waals surface area contributed by atoms with Crippen LogP contribution >= 0.6 is 11.8 Å². The van der Waals surface area contributed by atoms with E-state index in [1.165, 1.54) is 12.8 Å². The van der Waals surface area contributed by atoms with E-state index in [4.69, 9.17) is 0 Å². The average molecular weight is 183 g/mol. The molecular weight excluding hydrogens is 170 g/mol. The number of hydrogen-bond acceptors (Lipinski definition) is 3. The molecule has 0 saturated carbocycles. The minimum absolute atomic E-state index is 0.748. The van der Waals surface area contributed by atoms with Crippen LogP contribution in [0.5, 0.6) is 0 Å². The lowest BCUT2D eigenvalue weighted by Crippen LogP contribution is -2.29. The third kappa shape index (κ3) is 2.01. The summed E-state index contributed by atoms with van der Waals surface area (Å²) in [7, 11) is 0. The minimum Gasteiger partial charge on any atom is -0.340 e. The van der Waals surface area contributed by atoms with Crippen LogP contribution in [-0.4, -0.2) is 28.3 Å². The van der Waals surface area contributed by atoms with Crippen molar-refractivity contribution in [3.63, 3.8) is 0 Å². The quantitative estimate of drug-likeness (QED) is 0.725. The lowest BCUT2D eigenvalue weighted by atomic mass is 10.2. The Morgan fingerprint density at radius 1 is 1.42 bits per heavy atom. The van der Waals surface area contributed by atoms with Crippen molar-refractivity contribution in [2.24, 2.45) is 0 Å². The van der Waals surface area contributed by atoms with Crippen LogP contribution in [0.25, 0.3) is 0 Å². The molecule has 0 atom stereocenters. The summed E-state index contributed by atoms with van der Waals surface area (Å²) >= 11 is 1.86. The normalized spacial score (nSPS) is 19.7. The van der Waals surface area contributed by atoms with Crippen LogP contribution in [0, 0.1) is 0 Å². The van der Waals surface area contributed by atoms with Crippen LogP contribution in [0.4, 0.5) is 0 Å². The molecule has 1 aromatic heterocycles. The van der Waals surface area contributed by atoms with Crippen molar-refractivity contribution in [3.8, 4) is 0 Å². The Morgan fingerprint density at radius 3 is 2.92 bits per heavy atom. The first-order valence-corrected chi connectivity index (χ1v) is 5.20. The van der Waals surface area contributed by atoms with E-state index in [-0.39, 0.29) is 0 Å². The van der Waals surface area contributed by atoms with Crippen LogP contribution in [-0.2, 0) is 0 Å². The molecule has 0 unspecified atom stereocenters. The average Bonchev–Trinajstić information content (AvgIpc) is 2.59. The van der Waals surface area contributed by atoms with Crippen molar-refractivity contribution in [2.45, 2.75) is 23.2 Å². The van der Waals surface area contributed by atoms with Gasteiger partial charge in [0, 0.05) is 17.6 Å². The Kier molecular flexibility index (Phi) is 2.68. The molecule has 2 rings (SSSR count). The first-order chi connectivity index (χ1) is 5.95. The molecule has 0 spiro atoms. The number of thioether (sulfide) groups is 1. The van der Waals surface area contributed by atoms with Crippen molar-refractivity contribution in [1.82, 2.24) is 15.3 Å². The zero-order valence-electron chi connectivity index (χ0n) is 6.92. The fourth-order valence-corrected chi connectivity index (χ4v) is 2.43. The molecule has 0 aliphatic carbocycles. The molecule has 0 bridgehead atoms. The van der Waals surface area contributed by atoms with E-state index in [0.717, 1.165) is 23.5 Å². The molecular formula is C8H13N3S. The van der Waals surface area contributed by atoms with E-state index in [2.05, 4.69) is 15.3 Å². The predicted molar refractivity (Wildman–Crippen MR) is 50.3 cm³/mol. The van der Waals surface area contributed by atoms with Gasteiger partial charge in [0.25, 0.3) is 0 Å². The summed E-state index contributed by atoms with van der Waals surface area (Å²) in [5.74, 6) is 0. The van der Waals surface area contributed by atoms with E-state index >= 15 is 0 Å². The number of piperidine rings is 1. The zero-order valence-corrected chi connectivity index (χ0v) is 7.73. The fraction of sp³-hybridized carbons (Fsp3) is 0.625. The van der Waals surface area contributed by atoms with Crippen LogP contribution < -0.4 is 5.32 Å². The second-order valence-electron chi connectivity index (χ2n) is 2.96. The maximum atomic E-state index is 4.20. The number of hydrogen-bond donors (Lipinski definition) is 2. The van der Waals surface area contributed by atoms with Gasteiger partial charge in [0.1, 0.15) is 0 Å². The molecule has 1 aliphatic heterocycles. The van der Waals surface area contributed by atoms with Gasteiger partial charge in [-0.05, 0) is 25.9 Å². The molecule has 0 aromatic carbocycles. The van der Waals surface area contributed by atoms with Gasteiger partial charge < -0.3 is 10.3 Å². The predicted octanol–water partition coefficient (Wildman–Crippen LogP) is 1.25. The zero-order chi connectivity index (χ0) is 8.23. The monoisotopic (exact) mass is 183 g/mol. The lowest BCUT2D eigenvalue weighted by Gasteiger charge is -2.20. The summed E-state index contributed by atoms with van der Waals surface area (Å²) in [6.45, 7) is 2.30. The largest absolute Gasteiger partial charge is 0.340 e. The van der Waals surface area contributed by atoms with Gasteiger partial charge in [0.05, 0.1) is 0 Å². The summed E-state index contributed by atoms with van der Waals surface area (Å²) < 4.78 is 0. The Bertz CT molecular complexity index is 216. The van der Waals surface area contributed by atoms with E-state index in [1.807, 2.05) is 24.2 Å². The minimum atomic E-state index is 0.748. The number of nitrogens with one attached hydrogen (secondary N) is 2. The first kappa shape index (κ1) is 8.13. The highest BCUT2D eigenvalue weighted by Gasteiger charge is 2.14. The highest BCUT2D eigenvalue weighted by molar-refractivity contribution is 7.99. The van der Waals surface area contributed by atoms with Crippen molar-refractivity contribution in [1.29, 1.82) is 0 Å². The molecule has 0 radical (unpaired) electrons. The SMILES string of the molecule is c1c[nH]c(SC2CCNCC2)n1. The summed E-state index contributed by atoms with van der Waals surface area (Å²) in [4.78, 5) is 7.31. The molecule has 12 heavy (non-hydrogen) atoms. The second kappa shape index (κ2) is 3.96. The number of rotatable bonds is 2. The number of nitrogens with zero attached hydrogens (tertiary/aromatic N) is 1. The topological polar surface area (TPSA) is 40.7 Å². The molecule has 3 nitrogen and oxygen atoms in total. The highest BCUT2D eigenvalue weighted by Crippen LogP contribution is 2.25. The Hall–Kier alpha value is -0.480. The first-order valence-electron chi connectivity index (χ1n) is 4.32. The third-order valence-electron chi connectivity index (χ3n) is 2.04. The van der Waals surface area contributed by atoms with Crippen LogP contribution in [0.3, 0.4) is 0 Å². The second-order valence-corrected chi connectivity index (χ2v) is 4.25. The van der Waals surface area contributed by atoms with E-state index in [0.29, 0.717) is 0 Å². The number of aromatic nitrogens is 2. The van der Waals surface area contributed by atoms with Gasteiger partial charge >= 0.3 is 0 Å². The van der Waals surface area contributed by atoms with E-state index in [1.54, 1.807) is 0 Å². The van der Waals surface area contributed by atoms with E-state index in [9.17, 15) is 0 Å². The smallest absolute Gasteiger partial charge is 0.165 e. The highest BCUT2D eigenvalue weighted by atomic mass is 32.2. The molecule has 2 heterocycles. The lowest BCUT2D eigenvalue weighted by molar-refractivity contribution is 0.531. The summed E-state index contributed by atoms with van der Waals surface area (Å²) in [5, 5.41) is 5.16. The Labute approximate surface area is 76.4 Å². The van der Waals surface area contributed by atoms with Crippen molar-refractivity contribution in [3.05, 3.63) is 12.4 Å². The maximum absolute atomic E-state index is 4.20. The van der Waals surface area contributed by atoms with Crippen LogP contribution in [0.1, 0.15) is 12.8 Å². The maximum Gasteiger partial charge on any atom is 0.165 e. The molecule has 1 aliphatic rings. The molecule has 66 valence electrons. The molecule has 1 fully saturated rings. The number of H-pyrrole nitrogens is 1. The molecule has 1 aromatic rings. The molecule has 0 amide bonds. The molecule has 2 N–H and O–H groups in total. The van der Waals surface area contributed by atoms with Gasteiger partial charge in [0.15, 0.2) is 5.16 Å². The number of imidazole rings is 1. The third-order valence-corrected chi connectivity index (χ3v) is 3.29. The van der Waals surface area contributed by atoms with Gasteiger partial charge in [-0.3, -0.25) is 0 Å². The standard InChI is InChI=1S/C8H13N3S/c1-3-9-4-2-7(1)12-8-10-5-6-11-8/h5-7,9H,1-4H2,(H,10,11). The van der Waals surface area contributed by atoms with Crippen LogP contribution in [0.2, 0.25) is 0 Å². The summed E-state index contributed by atoms with van der Waals surface area (Å²) in [6, 6.07) is 0. The molecule has 1 saturated heterocycles. The molecule has 4 heteroatoms. The van der Waals surface area contributed by atoms with Gasteiger partial charge in [-0.2, -0.15) is 0 Å². The van der Waals surface area contributed by atoms with Gasteiger partial charge in [-0.15, -0.1) is 0 Å². The van der Waals surface area contributed by atoms with Crippen molar-refractivity contribution >= 4 is 11.8 Å². The van der Waals surface area contributed by atoms with Gasteiger partial charge in [-0.25, -0.2) is 4.98 Å². The van der Waals surface area contributed by atoms with Gasteiger partial charge in [0.2, 0.25) is 0 Å². The Morgan fingerprint density at radius 2 is 2.25 bits per heavy atom. The van der Waals surface area contributed by atoms with E-state index < -0.39 is 0 Å². The Balaban J connectivity index is 1.86. The van der Waals surface area contributed by atoms with Crippen molar-refractivity contribution in [2.75, 3.05) is 13.1 Å². The fourth-order valence-electron chi connectivity index (χ4n) is 1.39. The number of aromatic amines is 1. The van der Waals surface area contributed by atoms with Gasteiger partial charge in [-0.1, -0.05) is 11.8 Å². The van der Waals surface area contributed by atoms with Crippen LogP contribution in [0.15, 0.2) is 17.6 Å². The van der Waals surface area contributed by atoms with Crippen molar-refractivity contribution < 1.29 is 0 Å². The summed E-state index contributed by atoms with van der Waals surface area (Å²) in [5.41, 5.74) is 0.